The molecule has 3 aromatic rings. The Hall–Kier alpha value is -3.33. The Kier molecular flexibility index (Phi) is 8.56. The normalized spacial score (nSPS) is 12.4. The molecular weight excluding hydrogens is 463 g/mol. The lowest BCUT2D eigenvalue weighted by Gasteiger charge is -2.17. The molecule has 0 N–H and O–H groups in total. The highest BCUT2D eigenvalue weighted by molar-refractivity contribution is 5.75. The van der Waals surface area contributed by atoms with E-state index in [2.05, 4.69) is 4.98 Å². The predicted molar refractivity (Wildman–Crippen MR) is 123 cm³/mol. The zero-order valence-corrected chi connectivity index (χ0v) is 20.1. The molecule has 35 heavy (non-hydrogen) atoms. The fourth-order valence-corrected chi connectivity index (χ4v) is 3.58. The van der Waals surface area contributed by atoms with Crippen LogP contribution in [0.1, 0.15) is 42.0 Å². The molecule has 0 bridgehead atoms. The Bertz CT molecular complexity index is 1160. The first kappa shape index (κ1) is 26.3. The van der Waals surface area contributed by atoms with Crippen LogP contribution in [0, 0.1) is 13.8 Å². The minimum Gasteiger partial charge on any atom is -0.487 e. The number of esters is 1. The Morgan fingerprint density at radius 3 is 2.49 bits per heavy atom. The van der Waals surface area contributed by atoms with Crippen LogP contribution >= 0.6 is 0 Å². The maximum atomic E-state index is 13.4. The number of hydrogen-bond donors (Lipinski definition) is 0. The summed E-state index contributed by atoms with van der Waals surface area (Å²) in [4.78, 5) is 16.4. The van der Waals surface area contributed by atoms with Crippen LogP contribution in [0.15, 0.2) is 46.9 Å². The molecule has 1 atom stereocenters. The number of hydrogen-bond acceptors (Lipinski definition) is 6. The number of benzene rings is 2. The van der Waals surface area contributed by atoms with Gasteiger partial charge in [0, 0.05) is 18.6 Å². The van der Waals surface area contributed by atoms with Crippen LogP contribution in [0.3, 0.4) is 0 Å². The largest absolute Gasteiger partial charge is 0.487 e. The number of rotatable bonds is 10. The molecule has 0 fully saturated rings. The SMILES string of the molecule is CCOC(=O)C(Cc1ccc(OCc2nc(-c3ccccc3C(F)(F)F)oc2C)cc1C)OCC. The van der Waals surface area contributed by atoms with Crippen molar-refractivity contribution in [1.82, 2.24) is 4.98 Å². The molecule has 6 nitrogen and oxygen atoms in total. The zero-order valence-electron chi connectivity index (χ0n) is 20.1. The maximum absolute atomic E-state index is 13.4. The molecule has 3 rings (SSSR count). The Morgan fingerprint density at radius 1 is 1.09 bits per heavy atom. The van der Waals surface area contributed by atoms with Crippen molar-refractivity contribution in [1.29, 1.82) is 0 Å². The van der Waals surface area contributed by atoms with Crippen LogP contribution in [-0.2, 0) is 33.5 Å². The fraction of sp³-hybridized carbons (Fsp3) is 0.385. The number of carbonyl (C=O) groups excluding carboxylic acids is 1. The van der Waals surface area contributed by atoms with Crippen molar-refractivity contribution < 1.29 is 36.6 Å². The van der Waals surface area contributed by atoms with Gasteiger partial charge in [-0.2, -0.15) is 13.2 Å². The molecule has 0 aliphatic carbocycles. The lowest BCUT2D eigenvalue weighted by Crippen LogP contribution is -2.29. The highest BCUT2D eigenvalue weighted by Gasteiger charge is 2.34. The van der Waals surface area contributed by atoms with Crippen LogP contribution in [0.5, 0.6) is 5.75 Å². The van der Waals surface area contributed by atoms with E-state index < -0.39 is 23.8 Å². The first-order valence-corrected chi connectivity index (χ1v) is 11.3. The predicted octanol–water partition coefficient (Wildman–Crippen LogP) is 6.07. The Balaban J connectivity index is 1.72. The number of carbonyl (C=O) groups is 1. The quantitative estimate of drug-likeness (QED) is 0.321. The van der Waals surface area contributed by atoms with E-state index in [9.17, 15) is 18.0 Å². The zero-order chi connectivity index (χ0) is 25.6. The lowest BCUT2D eigenvalue weighted by atomic mass is 10.0. The molecule has 1 unspecified atom stereocenters. The van der Waals surface area contributed by atoms with Crippen molar-refractivity contribution in [3.05, 3.63) is 70.6 Å². The van der Waals surface area contributed by atoms with E-state index in [0.717, 1.165) is 17.2 Å². The molecule has 0 amide bonds. The molecule has 0 aliphatic heterocycles. The monoisotopic (exact) mass is 491 g/mol. The van der Waals surface area contributed by atoms with Gasteiger partial charge in [0.05, 0.1) is 12.2 Å². The van der Waals surface area contributed by atoms with Gasteiger partial charge in [-0.05, 0) is 63.1 Å². The molecule has 1 heterocycles. The smallest absolute Gasteiger partial charge is 0.417 e. The summed E-state index contributed by atoms with van der Waals surface area (Å²) in [6.07, 6.45) is -4.85. The number of aromatic nitrogens is 1. The van der Waals surface area contributed by atoms with E-state index >= 15 is 0 Å². The van der Waals surface area contributed by atoms with Gasteiger partial charge in [-0.15, -0.1) is 0 Å². The number of nitrogens with zero attached hydrogens (tertiary/aromatic N) is 1. The number of ether oxygens (including phenoxy) is 3. The van der Waals surface area contributed by atoms with Crippen LogP contribution in [-0.4, -0.2) is 30.3 Å². The molecule has 188 valence electrons. The van der Waals surface area contributed by atoms with Gasteiger partial charge in [0.2, 0.25) is 5.89 Å². The third-order valence-corrected chi connectivity index (χ3v) is 5.37. The molecule has 1 aromatic heterocycles. The molecule has 0 saturated carbocycles. The van der Waals surface area contributed by atoms with Gasteiger partial charge < -0.3 is 18.6 Å². The second kappa shape index (κ2) is 11.4. The fourth-order valence-electron chi connectivity index (χ4n) is 3.58. The van der Waals surface area contributed by atoms with Gasteiger partial charge in [-0.25, -0.2) is 9.78 Å². The molecule has 0 radical (unpaired) electrons. The summed E-state index contributed by atoms with van der Waals surface area (Å²) >= 11 is 0. The molecule has 9 heteroatoms. The lowest BCUT2D eigenvalue weighted by molar-refractivity contribution is -0.156. The maximum Gasteiger partial charge on any atom is 0.417 e. The van der Waals surface area contributed by atoms with Gasteiger partial charge in [-0.3, -0.25) is 0 Å². The third kappa shape index (κ3) is 6.63. The van der Waals surface area contributed by atoms with Crippen molar-refractivity contribution in [2.24, 2.45) is 0 Å². The van der Waals surface area contributed by atoms with Crippen molar-refractivity contribution >= 4 is 5.97 Å². The first-order chi connectivity index (χ1) is 16.6. The summed E-state index contributed by atoms with van der Waals surface area (Å²) < 4.78 is 62.1. The van der Waals surface area contributed by atoms with E-state index in [1.807, 2.05) is 26.0 Å². The van der Waals surface area contributed by atoms with E-state index in [1.54, 1.807) is 19.9 Å². The van der Waals surface area contributed by atoms with Gasteiger partial charge in [0.25, 0.3) is 0 Å². The van der Waals surface area contributed by atoms with E-state index in [1.165, 1.54) is 18.2 Å². The molecule has 0 saturated heterocycles. The van der Waals surface area contributed by atoms with Crippen LogP contribution < -0.4 is 4.74 Å². The summed E-state index contributed by atoms with van der Waals surface area (Å²) in [6, 6.07) is 10.6. The van der Waals surface area contributed by atoms with Gasteiger partial charge in [-0.1, -0.05) is 18.2 Å². The topological polar surface area (TPSA) is 70.8 Å². The molecule has 2 aromatic carbocycles. The second-order valence-electron chi connectivity index (χ2n) is 7.84. The van der Waals surface area contributed by atoms with Crippen LogP contribution in [0.25, 0.3) is 11.5 Å². The third-order valence-electron chi connectivity index (χ3n) is 5.37. The van der Waals surface area contributed by atoms with Gasteiger partial charge in [0.15, 0.2) is 6.10 Å². The summed E-state index contributed by atoms with van der Waals surface area (Å²) in [7, 11) is 0. The van der Waals surface area contributed by atoms with Gasteiger partial charge in [0.1, 0.15) is 23.8 Å². The highest BCUT2D eigenvalue weighted by atomic mass is 19.4. The van der Waals surface area contributed by atoms with Crippen molar-refractivity contribution in [3.8, 4) is 17.2 Å². The number of aryl methyl sites for hydroxylation is 2. The average molecular weight is 492 g/mol. The van der Waals surface area contributed by atoms with Crippen molar-refractivity contribution in [2.75, 3.05) is 13.2 Å². The number of alkyl halides is 3. The molecular formula is C26H28F3NO5. The Morgan fingerprint density at radius 2 is 1.83 bits per heavy atom. The van der Waals surface area contributed by atoms with Crippen LogP contribution in [0.4, 0.5) is 13.2 Å². The minimum absolute atomic E-state index is 0.0205. The van der Waals surface area contributed by atoms with E-state index in [0.29, 0.717) is 30.2 Å². The first-order valence-electron chi connectivity index (χ1n) is 11.3. The summed E-state index contributed by atoms with van der Waals surface area (Å²) in [6.45, 7) is 7.76. The highest BCUT2D eigenvalue weighted by Crippen LogP contribution is 2.37. The standard InChI is InChI=1S/C26H28F3NO5/c1-5-32-23(25(31)33-6-2)14-18-11-12-19(13-16(18)3)34-15-22-17(4)35-24(30-22)20-9-7-8-10-21(20)26(27,28)29/h7-13,23H,5-6,14-15H2,1-4H3. The number of oxazole rings is 1. The number of halogens is 3. The van der Waals surface area contributed by atoms with Gasteiger partial charge >= 0.3 is 12.1 Å². The van der Waals surface area contributed by atoms with Crippen molar-refractivity contribution in [3.63, 3.8) is 0 Å². The molecule has 0 spiro atoms. The second-order valence-corrected chi connectivity index (χ2v) is 7.84. The minimum atomic E-state index is -4.52. The summed E-state index contributed by atoms with van der Waals surface area (Å²) in [5.41, 5.74) is 1.27. The summed E-state index contributed by atoms with van der Waals surface area (Å²) in [5.74, 6) is 0.411. The summed E-state index contributed by atoms with van der Waals surface area (Å²) in [5, 5.41) is 0. The molecule has 0 aliphatic rings. The van der Waals surface area contributed by atoms with E-state index in [-0.39, 0.29) is 24.7 Å². The van der Waals surface area contributed by atoms with Crippen molar-refractivity contribution in [2.45, 2.75) is 53.0 Å². The Labute approximate surface area is 202 Å². The van der Waals surface area contributed by atoms with Crippen LogP contribution in [0.2, 0.25) is 0 Å². The van der Waals surface area contributed by atoms with E-state index in [4.69, 9.17) is 18.6 Å². The average Bonchev–Trinajstić information content (AvgIpc) is 3.18.